The number of nitrogens with one attached hydrogen (secondary N) is 1. The molecule has 0 radical (unpaired) electrons. The van der Waals surface area contributed by atoms with E-state index in [1.54, 1.807) is 49.4 Å². The quantitative estimate of drug-likeness (QED) is 0.267. The molecule has 3 aromatic rings. The number of hydrogen-bond donors (Lipinski definition) is 1. The molecule has 0 heterocycles. The molecule has 0 aliphatic rings. The van der Waals surface area contributed by atoms with Gasteiger partial charge in [0, 0.05) is 34.8 Å². The summed E-state index contributed by atoms with van der Waals surface area (Å²) in [5.74, 6) is -0.457. The predicted octanol–water partition coefficient (Wildman–Crippen LogP) is 5.46. The third-order valence-electron chi connectivity index (χ3n) is 6.65. The Kier molecular flexibility index (Phi) is 11.5. The van der Waals surface area contributed by atoms with Gasteiger partial charge in [0.25, 0.3) is 10.0 Å². The van der Waals surface area contributed by atoms with E-state index in [0.717, 1.165) is 9.87 Å². The van der Waals surface area contributed by atoms with E-state index in [9.17, 15) is 18.0 Å². The molecular formula is C30H35Cl2N3O6S. The fourth-order valence-corrected chi connectivity index (χ4v) is 6.12. The molecule has 3 aromatic carbocycles. The number of halogens is 2. The van der Waals surface area contributed by atoms with Crippen LogP contribution in [-0.2, 0) is 26.2 Å². The largest absolute Gasteiger partial charge is 0.493 e. The number of ether oxygens (including phenoxy) is 2. The van der Waals surface area contributed by atoms with Crippen molar-refractivity contribution in [2.45, 2.75) is 44.7 Å². The fraction of sp³-hybridized carbons (Fsp3) is 0.333. The molecule has 12 heteroatoms. The van der Waals surface area contributed by atoms with Gasteiger partial charge in [-0.3, -0.25) is 13.9 Å². The van der Waals surface area contributed by atoms with E-state index >= 15 is 0 Å². The summed E-state index contributed by atoms with van der Waals surface area (Å²) in [5, 5.41) is 3.43. The summed E-state index contributed by atoms with van der Waals surface area (Å²) >= 11 is 12.8. The standard InChI is InChI=1S/C30H35Cl2N3O6S/c1-6-16-33-30(37)21(3)34(18-24-25(31)8-7-9-26(24)32)29(36)19-35(22-12-10-20(2)11-13-22)42(38,39)23-14-15-27(40-4)28(17-23)41-5/h7-15,17,21H,6,16,18-19H2,1-5H3,(H,33,37)/t21-/m0/s1. The molecule has 2 amide bonds. The minimum absolute atomic E-state index is 0.108. The van der Waals surface area contributed by atoms with E-state index in [1.165, 1.54) is 37.3 Å². The Morgan fingerprint density at radius 2 is 1.57 bits per heavy atom. The van der Waals surface area contributed by atoms with E-state index in [0.29, 0.717) is 34.3 Å². The van der Waals surface area contributed by atoms with Crippen molar-refractivity contribution in [2.75, 3.05) is 31.6 Å². The first kappa shape index (κ1) is 33.0. The predicted molar refractivity (Wildman–Crippen MR) is 165 cm³/mol. The number of carbonyl (C=O) groups excluding carboxylic acids is 2. The molecule has 226 valence electrons. The van der Waals surface area contributed by atoms with Crippen LogP contribution < -0.4 is 19.1 Å². The molecule has 0 aliphatic carbocycles. The Hall–Kier alpha value is -3.47. The van der Waals surface area contributed by atoms with Gasteiger partial charge in [0.1, 0.15) is 12.6 Å². The van der Waals surface area contributed by atoms with Crippen LogP contribution in [0.5, 0.6) is 11.5 Å². The number of sulfonamides is 1. The van der Waals surface area contributed by atoms with Crippen LogP contribution in [0.1, 0.15) is 31.4 Å². The number of nitrogens with zero attached hydrogens (tertiary/aromatic N) is 2. The van der Waals surface area contributed by atoms with Gasteiger partial charge in [-0.25, -0.2) is 8.42 Å². The molecule has 0 fully saturated rings. The van der Waals surface area contributed by atoms with Crippen molar-refractivity contribution < 1.29 is 27.5 Å². The van der Waals surface area contributed by atoms with Crippen LogP contribution in [0.15, 0.2) is 65.6 Å². The highest BCUT2D eigenvalue weighted by Gasteiger charge is 2.33. The zero-order valence-corrected chi connectivity index (χ0v) is 26.5. The molecule has 1 N–H and O–H groups in total. The van der Waals surface area contributed by atoms with Gasteiger partial charge in [0.2, 0.25) is 11.8 Å². The Bertz CT molecular complexity index is 1500. The molecular weight excluding hydrogens is 601 g/mol. The van der Waals surface area contributed by atoms with Gasteiger partial charge in [0.05, 0.1) is 24.8 Å². The van der Waals surface area contributed by atoms with Crippen molar-refractivity contribution in [1.29, 1.82) is 0 Å². The number of rotatable bonds is 13. The van der Waals surface area contributed by atoms with Crippen molar-refractivity contribution in [2.24, 2.45) is 0 Å². The molecule has 0 aromatic heterocycles. The first-order valence-electron chi connectivity index (χ1n) is 13.3. The van der Waals surface area contributed by atoms with Crippen LogP contribution in [0.4, 0.5) is 5.69 Å². The van der Waals surface area contributed by atoms with Crippen molar-refractivity contribution in [3.8, 4) is 11.5 Å². The SMILES string of the molecule is CCCNC(=O)[C@H](C)N(Cc1c(Cl)cccc1Cl)C(=O)CN(c1ccc(C)cc1)S(=O)(=O)c1ccc(OC)c(OC)c1. The number of hydrogen-bond acceptors (Lipinski definition) is 6. The van der Waals surface area contributed by atoms with Crippen molar-refractivity contribution in [1.82, 2.24) is 10.2 Å². The zero-order valence-electron chi connectivity index (χ0n) is 24.2. The lowest BCUT2D eigenvalue weighted by molar-refractivity contribution is -0.139. The van der Waals surface area contributed by atoms with Crippen LogP contribution in [0.3, 0.4) is 0 Å². The van der Waals surface area contributed by atoms with E-state index in [1.807, 2.05) is 13.8 Å². The van der Waals surface area contributed by atoms with Gasteiger partial charge in [-0.05, 0) is 56.7 Å². The second-order valence-corrected chi connectivity index (χ2v) is 12.2. The fourth-order valence-electron chi connectivity index (χ4n) is 4.18. The van der Waals surface area contributed by atoms with E-state index in [4.69, 9.17) is 32.7 Å². The first-order chi connectivity index (χ1) is 19.9. The van der Waals surface area contributed by atoms with Crippen molar-refractivity contribution in [3.05, 3.63) is 81.8 Å². The summed E-state index contributed by atoms with van der Waals surface area (Å²) in [6.07, 6.45) is 0.702. The monoisotopic (exact) mass is 635 g/mol. The topological polar surface area (TPSA) is 105 Å². The molecule has 0 bridgehead atoms. The molecule has 0 saturated carbocycles. The summed E-state index contributed by atoms with van der Waals surface area (Å²) < 4.78 is 39.8. The smallest absolute Gasteiger partial charge is 0.264 e. The number of anilines is 1. The number of benzene rings is 3. The maximum Gasteiger partial charge on any atom is 0.264 e. The molecule has 0 unspecified atom stereocenters. The molecule has 3 rings (SSSR count). The number of amides is 2. The molecule has 42 heavy (non-hydrogen) atoms. The summed E-state index contributed by atoms with van der Waals surface area (Å²) in [4.78, 5) is 28.2. The van der Waals surface area contributed by atoms with Crippen LogP contribution in [0, 0.1) is 6.92 Å². The molecule has 9 nitrogen and oxygen atoms in total. The van der Waals surface area contributed by atoms with Crippen LogP contribution in [0.25, 0.3) is 0 Å². The summed E-state index contributed by atoms with van der Waals surface area (Å²) in [6, 6.07) is 14.9. The summed E-state index contributed by atoms with van der Waals surface area (Å²) in [6.45, 7) is 5.06. The third kappa shape index (κ3) is 7.67. The Labute approximate surface area is 257 Å². The Morgan fingerprint density at radius 3 is 2.14 bits per heavy atom. The maximum absolute atomic E-state index is 14.1. The van der Waals surface area contributed by atoms with Crippen molar-refractivity contribution in [3.63, 3.8) is 0 Å². The van der Waals surface area contributed by atoms with E-state index in [2.05, 4.69) is 5.32 Å². The molecule has 1 atom stereocenters. The van der Waals surface area contributed by atoms with Crippen LogP contribution in [0.2, 0.25) is 10.0 Å². The highest BCUT2D eigenvalue weighted by molar-refractivity contribution is 7.92. The summed E-state index contributed by atoms with van der Waals surface area (Å²) in [7, 11) is -1.46. The summed E-state index contributed by atoms with van der Waals surface area (Å²) in [5.41, 5.74) is 1.61. The van der Waals surface area contributed by atoms with Crippen LogP contribution >= 0.6 is 23.2 Å². The zero-order chi connectivity index (χ0) is 31.0. The van der Waals surface area contributed by atoms with Gasteiger partial charge in [0.15, 0.2) is 11.5 Å². The Balaban J connectivity index is 2.09. The highest BCUT2D eigenvalue weighted by Crippen LogP contribution is 2.33. The highest BCUT2D eigenvalue weighted by atomic mass is 35.5. The number of methoxy groups -OCH3 is 2. The van der Waals surface area contributed by atoms with E-state index < -0.39 is 34.4 Å². The third-order valence-corrected chi connectivity index (χ3v) is 9.13. The van der Waals surface area contributed by atoms with Crippen LogP contribution in [-0.4, -0.2) is 58.5 Å². The number of carbonyl (C=O) groups is 2. The molecule has 0 spiro atoms. The maximum atomic E-state index is 14.1. The van der Waals surface area contributed by atoms with Gasteiger partial charge in [-0.1, -0.05) is 53.9 Å². The first-order valence-corrected chi connectivity index (χ1v) is 15.5. The molecule has 0 aliphatic heterocycles. The second-order valence-electron chi connectivity index (χ2n) is 9.55. The minimum atomic E-state index is -4.30. The van der Waals surface area contributed by atoms with Crippen molar-refractivity contribution >= 4 is 50.7 Å². The lowest BCUT2D eigenvalue weighted by atomic mass is 10.1. The van der Waals surface area contributed by atoms with Gasteiger partial charge >= 0.3 is 0 Å². The van der Waals surface area contributed by atoms with Gasteiger partial charge in [-0.2, -0.15) is 0 Å². The average Bonchev–Trinajstić information content (AvgIpc) is 2.98. The van der Waals surface area contributed by atoms with Gasteiger partial charge < -0.3 is 19.7 Å². The lowest BCUT2D eigenvalue weighted by Crippen LogP contribution is -2.51. The van der Waals surface area contributed by atoms with Gasteiger partial charge in [-0.15, -0.1) is 0 Å². The normalized spacial score (nSPS) is 11.9. The lowest BCUT2D eigenvalue weighted by Gasteiger charge is -2.32. The average molecular weight is 637 g/mol. The minimum Gasteiger partial charge on any atom is -0.493 e. The van der Waals surface area contributed by atoms with E-state index in [-0.39, 0.29) is 22.9 Å². The molecule has 0 saturated heterocycles. The number of aryl methyl sites for hydroxylation is 1. The second kappa shape index (κ2) is 14.6. The Morgan fingerprint density at radius 1 is 0.952 bits per heavy atom.